The van der Waals surface area contributed by atoms with E-state index < -0.39 is 39.7 Å². The molecule has 1 aromatic carbocycles. The molecule has 2 saturated heterocycles. The first-order valence-electron chi connectivity index (χ1n) is 13.1. The first kappa shape index (κ1) is 26.1. The second kappa shape index (κ2) is 9.67. The highest BCUT2D eigenvalue weighted by Crippen LogP contribution is 2.63. The third-order valence-electron chi connectivity index (χ3n) is 8.44. The minimum absolute atomic E-state index is 0.00387. The molecule has 7 unspecified atom stereocenters. The summed E-state index contributed by atoms with van der Waals surface area (Å²) >= 11 is 0. The van der Waals surface area contributed by atoms with Crippen molar-refractivity contribution < 1.29 is 26.9 Å². The van der Waals surface area contributed by atoms with Crippen LogP contribution in [0.25, 0.3) is 6.08 Å². The van der Waals surface area contributed by atoms with E-state index in [0.717, 1.165) is 22.4 Å². The molecule has 8 nitrogen and oxygen atoms in total. The van der Waals surface area contributed by atoms with Crippen LogP contribution in [0.5, 0.6) is 0 Å². The Morgan fingerprint density at radius 3 is 2.70 bits per heavy atom. The molecule has 200 valence electrons. The van der Waals surface area contributed by atoms with E-state index in [1.165, 1.54) is 24.8 Å². The number of rotatable bonds is 8. The predicted octanol–water partition coefficient (Wildman–Crippen LogP) is 4.63. The summed E-state index contributed by atoms with van der Waals surface area (Å²) in [6, 6.07) is 9.61. The van der Waals surface area contributed by atoms with Crippen LogP contribution < -0.4 is 0 Å². The number of ether oxygens (including phenoxy) is 2. The van der Waals surface area contributed by atoms with E-state index in [1.807, 2.05) is 37.3 Å². The van der Waals surface area contributed by atoms with Gasteiger partial charge in [0.1, 0.15) is 24.1 Å². The quantitative estimate of drug-likeness (QED) is 0.364. The number of carbonyl (C=O) groups is 1. The third kappa shape index (κ3) is 4.77. The van der Waals surface area contributed by atoms with E-state index in [1.54, 1.807) is 6.08 Å². The van der Waals surface area contributed by atoms with Crippen molar-refractivity contribution in [2.24, 2.45) is 23.7 Å². The van der Waals surface area contributed by atoms with Gasteiger partial charge in [-0.3, -0.25) is 0 Å². The summed E-state index contributed by atoms with van der Waals surface area (Å²) in [5, 5.41) is 0. The van der Waals surface area contributed by atoms with Gasteiger partial charge in [0, 0.05) is 30.8 Å². The molecule has 2 bridgehead atoms. The number of carbonyl (C=O) groups excluding carboxylic acids is 1. The maximum absolute atomic E-state index is 13.1. The minimum atomic E-state index is -4.10. The largest absolute Gasteiger partial charge is 0.456 e. The van der Waals surface area contributed by atoms with Gasteiger partial charge in [-0.25, -0.2) is 17.9 Å². The molecular weight excluding hydrogens is 492 g/mol. The Hall–Kier alpha value is -2.49. The molecule has 3 fully saturated rings. The van der Waals surface area contributed by atoms with E-state index in [0.29, 0.717) is 18.8 Å². The van der Waals surface area contributed by atoms with E-state index >= 15 is 0 Å². The first-order chi connectivity index (χ1) is 17.5. The van der Waals surface area contributed by atoms with Crippen LogP contribution in [-0.4, -0.2) is 46.8 Å². The number of benzene rings is 1. The minimum Gasteiger partial charge on any atom is -0.456 e. The van der Waals surface area contributed by atoms with Crippen molar-refractivity contribution in [2.75, 3.05) is 0 Å². The summed E-state index contributed by atoms with van der Waals surface area (Å²) in [6.45, 7) is 8.38. The van der Waals surface area contributed by atoms with Gasteiger partial charge in [-0.2, -0.15) is 8.42 Å². The Labute approximate surface area is 219 Å². The zero-order valence-corrected chi connectivity index (χ0v) is 22.6. The second-order valence-corrected chi connectivity index (χ2v) is 12.9. The molecular formula is C28H36N2O6S. The number of hydrogen-bond donors (Lipinski definition) is 0. The molecule has 1 aromatic heterocycles. The van der Waals surface area contributed by atoms with Crippen LogP contribution in [0.2, 0.25) is 0 Å². The Kier molecular flexibility index (Phi) is 6.83. The molecule has 1 saturated carbocycles. The Morgan fingerprint density at radius 1 is 1.27 bits per heavy atom. The van der Waals surface area contributed by atoms with Crippen LogP contribution in [0, 0.1) is 23.7 Å². The highest BCUT2D eigenvalue weighted by Gasteiger charge is 2.71. The highest BCUT2D eigenvalue weighted by molar-refractivity contribution is 7.85. The van der Waals surface area contributed by atoms with Crippen LogP contribution in [0.4, 0.5) is 0 Å². The summed E-state index contributed by atoms with van der Waals surface area (Å²) in [5.41, 5.74) is -0.746. The molecule has 3 aliphatic rings. The fraction of sp³-hybridized carbons (Fsp3) is 0.571. The second-order valence-electron chi connectivity index (χ2n) is 11.4. The van der Waals surface area contributed by atoms with Gasteiger partial charge in [-0.1, -0.05) is 51.1 Å². The predicted molar refractivity (Wildman–Crippen MR) is 138 cm³/mol. The van der Waals surface area contributed by atoms with Crippen molar-refractivity contribution in [1.82, 2.24) is 8.96 Å². The Balaban J connectivity index is 1.48. The third-order valence-corrected chi connectivity index (χ3v) is 9.64. The molecule has 7 atom stereocenters. The van der Waals surface area contributed by atoms with Crippen LogP contribution in [0.1, 0.15) is 58.9 Å². The zero-order chi connectivity index (χ0) is 26.4. The topological polar surface area (TPSA) is 96.7 Å². The van der Waals surface area contributed by atoms with Gasteiger partial charge in [-0.05, 0) is 55.6 Å². The monoisotopic (exact) mass is 528 g/mol. The average molecular weight is 529 g/mol. The van der Waals surface area contributed by atoms with Crippen LogP contribution >= 0.6 is 0 Å². The molecule has 1 aliphatic carbocycles. The molecule has 0 amide bonds. The van der Waals surface area contributed by atoms with Crippen LogP contribution in [0.15, 0.2) is 55.1 Å². The van der Waals surface area contributed by atoms with Crippen molar-refractivity contribution in [1.29, 1.82) is 0 Å². The molecule has 9 heteroatoms. The molecule has 3 heterocycles. The zero-order valence-electron chi connectivity index (χ0n) is 21.8. The van der Waals surface area contributed by atoms with Crippen molar-refractivity contribution in [3.63, 3.8) is 0 Å². The van der Waals surface area contributed by atoms with Gasteiger partial charge in [0.15, 0.2) is 0 Å². The fourth-order valence-electron chi connectivity index (χ4n) is 7.02. The summed E-state index contributed by atoms with van der Waals surface area (Å²) in [5.74, 6) is 0.181. The summed E-state index contributed by atoms with van der Waals surface area (Å²) in [6.07, 6.45) is 8.76. The first-order valence-corrected chi connectivity index (χ1v) is 14.5. The average Bonchev–Trinajstić information content (AvgIpc) is 3.56. The number of aromatic nitrogens is 2. The SMILES string of the molecule is CC(C)CC12CC(OS(=O)(=O)n3ccnc3)C(C)(O1)C1CCC(C)C1C2OC(=O)/C=C/c1ccccc1. The molecule has 37 heavy (non-hydrogen) atoms. The van der Waals surface area contributed by atoms with E-state index in [4.69, 9.17) is 13.7 Å². The summed E-state index contributed by atoms with van der Waals surface area (Å²) in [7, 11) is -4.10. The van der Waals surface area contributed by atoms with Crippen molar-refractivity contribution in [3.8, 4) is 0 Å². The lowest BCUT2D eigenvalue weighted by molar-refractivity contribution is -0.254. The Morgan fingerprint density at radius 2 is 2.03 bits per heavy atom. The van der Waals surface area contributed by atoms with Crippen molar-refractivity contribution in [2.45, 2.75) is 76.8 Å². The molecule has 0 N–H and O–H groups in total. The lowest BCUT2D eigenvalue weighted by Crippen LogP contribution is -2.60. The smallest absolute Gasteiger partial charge is 0.367 e. The fourth-order valence-corrected chi connectivity index (χ4v) is 8.04. The number of nitrogens with zero attached hydrogens (tertiary/aromatic N) is 2. The Bertz CT molecular complexity index is 1240. The lowest BCUT2D eigenvalue weighted by Gasteiger charge is -2.52. The van der Waals surface area contributed by atoms with Gasteiger partial charge < -0.3 is 9.47 Å². The maximum atomic E-state index is 13.1. The standard InChI is InChI=1S/C28H36N2O6S/c1-19(2)16-28-17-23(35-37(32,33)30-15-14-29-18-30)27(4,36-28)22-12-10-20(3)25(22)26(28)34-24(31)13-11-21-8-6-5-7-9-21/h5-9,11,13-15,18-20,22-23,25-26H,10,12,16-17H2,1-4H3/b13-11+. The van der Waals surface area contributed by atoms with Crippen LogP contribution in [0.3, 0.4) is 0 Å². The number of fused-ring (bicyclic) bond motifs is 4. The van der Waals surface area contributed by atoms with Crippen LogP contribution in [-0.2, 0) is 28.8 Å². The molecule has 2 aromatic rings. The summed E-state index contributed by atoms with van der Waals surface area (Å²) in [4.78, 5) is 17.0. The van der Waals surface area contributed by atoms with Gasteiger partial charge in [0.25, 0.3) is 0 Å². The summed E-state index contributed by atoms with van der Waals surface area (Å²) < 4.78 is 46.2. The molecule has 5 rings (SSSR count). The van der Waals surface area contributed by atoms with Gasteiger partial charge in [0.05, 0.1) is 5.60 Å². The van der Waals surface area contributed by atoms with Crippen molar-refractivity contribution >= 4 is 22.3 Å². The molecule has 2 aliphatic heterocycles. The number of imidazole rings is 1. The van der Waals surface area contributed by atoms with Gasteiger partial charge in [0.2, 0.25) is 0 Å². The molecule has 0 spiro atoms. The normalized spacial score (nSPS) is 35.2. The molecule has 0 radical (unpaired) electrons. The number of hydrogen-bond acceptors (Lipinski definition) is 7. The lowest BCUT2D eigenvalue weighted by atomic mass is 9.70. The number of esters is 1. The van der Waals surface area contributed by atoms with Gasteiger partial charge in [-0.15, -0.1) is 0 Å². The maximum Gasteiger partial charge on any atom is 0.367 e. The highest BCUT2D eigenvalue weighted by atomic mass is 32.2. The van der Waals surface area contributed by atoms with E-state index in [9.17, 15) is 13.2 Å². The van der Waals surface area contributed by atoms with Crippen molar-refractivity contribution in [3.05, 3.63) is 60.7 Å². The van der Waals surface area contributed by atoms with Gasteiger partial charge >= 0.3 is 16.3 Å². The van der Waals surface area contributed by atoms with E-state index in [-0.39, 0.29) is 17.8 Å². The van der Waals surface area contributed by atoms with E-state index in [2.05, 4.69) is 25.8 Å².